The minimum atomic E-state index is 0.470. The molecule has 1 aliphatic rings. The number of likely N-dealkylation sites (N-methyl/N-ethyl adjacent to an activating group) is 1. The van der Waals surface area contributed by atoms with Crippen molar-refractivity contribution in [3.63, 3.8) is 0 Å². The molecule has 1 heterocycles. The fourth-order valence-electron chi connectivity index (χ4n) is 1.77. The molecule has 2 nitrogen and oxygen atoms in total. The third-order valence-electron chi connectivity index (χ3n) is 3.66. The summed E-state index contributed by atoms with van der Waals surface area (Å²) in [5.74, 6) is 2.60. The van der Waals surface area contributed by atoms with Gasteiger partial charge in [0.25, 0.3) is 0 Å². The Morgan fingerprint density at radius 3 is 2.67 bits per heavy atom. The van der Waals surface area contributed by atoms with E-state index in [9.17, 15) is 0 Å². The summed E-state index contributed by atoms with van der Waals surface area (Å²) < 4.78 is 0. The number of hydrogen-bond acceptors (Lipinski definition) is 3. The maximum atomic E-state index is 3.73. The van der Waals surface area contributed by atoms with Gasteiger partial charge < -0.3 is 10.2 Å². The quantitative estimate of drug-likeness (QED) is 0.796. The molecule has 0 aromatic heterocycles. The lowest BCUT2D eigenvalue weighted by molar-refractivity contribution is 0.221. The van der Waals surface area contributed by atoms with Gasteiger partial charge in [-0.3, -0.25) is 0 Å². The van der Waals surface area contributed by atoms with Crippen molar-refractivity contribution in [3.8, 4) is 0 Å². The van der Waals surface area contributed by atoms with Crippen LogP contribution in [0.5, 0.6) is 0 Å². The highest BCUT2D eigenvalue weighted by Gasteiger charge is 2.32. The molecule has 0 bridgehead atoms. The molecule has 0 aromatic carbocycles. The van der Waals surface area contributed by atoms with Gasteiger partial charge in [0, 0.05) is 24.4 Å². The molecule has 1 saturated heterocycles. The molecular weight excluding hydrogens is 204 g/mol. The molecular formula is C12H26N2S. The molecule has 15 heavy (non-hydrogen) atoms. The van der Waals surface area contributed by atoms with Gasteiger partial charge in [0.05, 0.1) is 0 Å². The molecule has 0 aromatic rings. The van der Waals surface area contributed by atoms with Crippen LogP contribution in [0.1, 0.15) is 27.2 Å². The summed E-state index contributed by atoms with van der Waals surface area (Å²) in [4.78, 5) is 2.27. The Balaban J connectivity index is 2.36. The van der Waals surface area contributed by atoms with Gasteiger partial charge in [-0.05, 0) is 38.6 Å². The summed E-state index contributed by atoms with van der Waals surface area (Å²) in [6.45, 7) is 8.16. The van der Waals surface area contributed by atoms with E-state index in [1.807, 2.05) is 0 Å². The number of nitrogens with zero attached hydrogens (tertiary/aromatic N) is 1. The molecule has 90 valence electrons. The Morgan fingerprint density at radius 1 is 1.47 bits per heavy atom. The van der Waals surface area contributed by atoms with E-state index in [0.717, 1.165) is 6.54 Å². The maximum absolute atomic E-state index is 3.73. The Kier molecular flexibility index (Phi) is 4.94. The largest absolute Gasteiger partial charge is 0.311 e. The lowest BCUT2D eigenvalue weighted by atomic mass is 9.82. The van der Waals surface area contributed by atoms with E-state index < -0.39 is 0 Å². The highest BCUT2D eigenvalue weighted by Crippen LogP contribution is 2.34. The standard InChI is InChI=1S/C12H26N2S/c1-10(14(4)5)8-13-11-9-15-7-6-12(11,2)3/h10-11,13H,6-9H2,1-5H3. The van der Waals surface area contributed by atoms with Crippen molar-refractivity contribution in [1.29, 1.82) is 0 Å². The van der Waals surface area contributed by atoms with Crippen molar-refractivity contribution in [3.05, 3.63) is 0 Å². The molecule has 0 saturated carbocycles. The van der Waals surface area contributed by atoms with E-state index in [1.54, 1.807) is 0 Å². The van der Waals surface area contributed by atoms with Crippen molar-refractivity contribution >= 4 is 11.8 Å². The average molecular weight is 230 g/mol. The van der Waals surface area contributed by atoms with Gasteiger partial charge in [-0.2, -0.15) is 11.8 Å². The first-order valence-electron chi connectivity index (χ1n) is 5.91. The normalized spacial score (nSPS) is 28.0. The van der Waals surface area contributed by atoms with Crippen LogP contribution in [0.15, 0.2) is 0 Å². The van der Waals surface area contributed by atoms with Crippen molar-refractivity contribution in [2.24, 2.45) is 5.41 Å². The summed E-state index contributed by atoms with van der Waals surface area (Å²) in [5, 5.41) is 3.73. The van der Waals surface area contributed by atoms with Gasteiger partial charge in [0.15, 0.2) is 0 Å². The first-order chi connectivity index (χ1) is 6.93. The van der Waals surface area contributed by atoms with Gasteiger partial charge >= 0.3 is 0 Å². The Hall–Kier alpha value is 0.270. The summed E-state index contributed by atoms with van der Waals surface area (Å²) in [6, 6.07) is 1.30. The molecule has 1 rings (SSSR count). The highest BCUT2D eigenvalue weighted by atomic mass is 32.2. The Bertz CT molecular complexity index is 192. The molecule has 2 atom stereocenters. The zero-order chi connectivity index (χ0) is 11.5. The molecule has 1 aliphatic heterocycles. The maximum Gasteiger partial charge on any atom is 0.0210 e. The van der Waals surface area contributed by atoms with Gasteiger partial charge in [0.1, 0.15) is 0 Å². The van der Waals surface area contributed by atoms with E-state index in [4.69, 9.17) is 0 Å². The van der Waals surface area contributed by atoms with E-state index >= 15 is 0 Å². The second kappa shape index (κ2) is 5.55. The lowest BCUT2D eigenvalue weighted by Gasteiger charge is -2.39. The molecule has 0 aliphatic carbocycles. The summed E-state index contributed by atoms with van der Waals surface area (Å²) in [5.41, 5.74) is 0.470. The van der Waals surface area contributed by atoms with Crippen LogP contribution < -0.4 is 5.32 Å². The van der Waals surface area contributed by atoms with Gasteiger partial charge in [0.2, 0.25) is 0 Å². The van der Waals surface area contributed by atoms with E-state index in [-0.39, 0.29) is 0 Å². The first kappa shape index (κ1) is 13.3. The smallest absolute Gasteiger partial charge is 0.0210 e. The van der Waals surface area contributed by atoms with Crippen LogP contribution in [-0.4, -0.2) is 49.1 Å². The predicted molar refractivity (Wildman–Crippen MR) is 70.7 cm³/mol. The highest BCUT2D eigenvalue weighted by molar-refractivity contribution is 7.99. The predicted octanol–water partition coefficient (Wildman–Crippen LogP) is 2.06. The molecule has 0 radical (unpaired) electrons. The van der Waals surface area contributed by atoms with Crippen LogP contribution in [0.3, 0.4) is 0 Å². The van der Waals surface area contributed by atoms with Crippen LogP contribution in [-0.2, 0) is 0 Å². The van der Waals surface area contributed by atoms with Crippen LogP contribution in [0, 0.1) is 5.41 Å². The third-order valence-corrected chi connectivity index (χ3v) is 4.72. The molecule has 0 amide bonds. The SMILES string of the molecule is CC(CNC1CSCCC1(C)C)N(C)C. The van der Waals surface area contributed by atoms with Gasteiger partial charge in [-0.1, -0.05) is 13.8 Å². The number of thioether (sulfide) groups is 1. The Labute approximate surface area is 99.2 Å². The van der Waals surface area contributed by atoms with E-state index in [1.165, 1.54) is 17.9 Å². The first-order valence-corrected chi connectivity index (χ1v) is 7.06. The number of rotatable bonds is 4. The minimum Gasteiger partial charge on any atom is -0.311 e. The zero-order valence-corrected chi connectivity index (χ0v) is 11.7. The monoisotopic (exact) mass is 230 g/mol. The van der Waals surface area contributed by atoms with Crippen molar-refractivity contribution in [1.82, 2.24) is 10.2 Å². The molecule has 2 unspecified atom stereocenters. The fourth-order valence-corrected chi connectivity index (χ4v) is 3.41. The Morgan fingerprint density at radius 2 is 2.13 bits per heavy atom. The van der Waals surface area contributed by atoms with Gasteiger partial charge in [-0.25, -0.2) is 0 Å². The zero-order valence-electron chi connectivity index (χ0n) is 10.8. The van der Waals surface area contributed by atoms with Gasteiger partial charge in [-0.15, -0.1) is 0 Å². The van der Waals surface area contributed by atoms with E-state index in [2.05, 4.69) is 56.8 Å². The van der Waals surface area contributed by atoms with Crippen LogP contribution in [0.4, 0.5) is 0 Å². The summed E-state index contributed by atoms with van der Waals surface area (Å²) in [7, 11) is 4.29. The second-order valence-corrected chi connectivity index (χ2v) is 6.74. The van der Waals surface area contributed by atoms with Crippen molar-refractivity contribution in [2.75, 3.05) is 32.1 Å². The molecule has 1 N–H and O–H groups in total. The second-order valence-electron chi connectivity index (χ2n) is 5.59. The van der Waals surface area contributed by atoms with Crippen LogP contribution in [0.25, 0.3) is 0 Å². The van der Waals surface area contributed by atoms with Crippen LogP contribution in [0.2, 0.25) is 0 Å². The number of nitrogens with one attached hydrogen (secondary N) is 1. The van der Waals surface area contributed by atoms with Crippen LogP contribution >= 0.6 is 11.8 Å². The fraction of sp³-hybridized carbons (Fsp3) is 1.00. The lowest BCUT2D eigenvalue weighted by Crippen LogP contribution is -2.50. The molecule has 3 heteroatoms. The summed E-state index contributed by atoms with van der Waals surface area (Å²) in [6.07, 6.45) is 1.34. The van der Waals surface area contributed by atoms with Crippen molar-refractivity contribution in [2.45, 2.75) is 39.3 Å². The molecule has 0 spiro atoms. The average Bonchev–Trinajstić information content (AvgIpc) is 2.14. The summed E-state index contributed by atoms with van der Waals surface area (Å²) >= 11 is 2.09. The third kappa shape index (κ3) is 3.97. The number of hydrogen-bond donors (Lipinski definition) is 1. The van der Waals surface area contributed by atoms with E-state index in [0.29, 0.717) is 17.5 Å². The van der Waals surface area contributed by atoms with Crippen molar-refractivity contribution < 1.29 is 0 Å². The molecule has 1 fully saturated rings. The topological polar surface area (TPSA) is 15.3 Å². The minimum absolute atomic E-state index is 0.470.